The van der Waals surface area contributed by atoms with Gasteiger partial charge in [-0.15, -0.1) is 0 Å². The third-order valence-corrected chi connectivity index (χ3v) is 3.00. The summed E-state index contributed by atoms with van der Waals surface area (Å²) < 4.78 is 39.1. The molecule has 0 bridgehead atoms. The largest absolute Gasteiger partial charge is 0.398 e. The van der Waals surface area contributed by atoms with E-state index in [2.05, 4.69) is 0 Å². The Labute approximate surface area is 119 Å². The molecule has 1 amide bonds. The molecule has 0 saturated heterocycles. The summed E-state index contributed by atoms with van der Waals surface area (Å²) in [5.74, 6) is -3.02. The molecule has 0 heterocycles. The zero-order chi connectivity index (χ0) is 15.6. The molecule has 2 rings (SSSR count). The summed E-state index contributed by atoms with van der Waals surface area (Å²) in [6.07, 6.45) is 0. The molecule has 6 heteroatoms. The predicted octanol–water partition coefficient (Wildman–Crippen LogP) is 2.96. The number of hydrogen-bond acceptors (Lipinski definition) is 2. The summed E-state index contributed by atoms with van der Waals surface area (Å²) in [5.41, 5.74) is 6.24. The zero-order valence-electron chi connectivity index (χ0n) is 11.2. The number of carbonyl (C=O) groups is 1. The van der Waals surface area contributed by atoms with Gasteiger partial charge in [0.2, 0.25) is 0 Å². The second kappa shape index (κ2) is 5.87. The first-order valence-electron chi connectivity index (χ1n) is 6.13. The van der Waals surface area contributed by atoms with Crippen LogP contribution in [0.4, 0.5) is 18.9 Å². The SMILES string of the molecule is CN(Cc1ccc(F)c(F)c1)C(=O)c1cc(F)ccc1N. The summed E-state index contributed by atoms with van der Waals surface area (Å²) in [6, 6.07) is 6.86. The van der Waals surface area contributed by atoms with Crippen molar-refractivity contribution in [3.05, 3.63) is 65.0 Å². The molecular formula is C15H13F3N2O. The number of anilines is 1. The number of benzene rings is 2. The lowest BCUT2D eigenvalue weighted by atomic mass is 10.1. The summed E-state index contributed by atoms with van der Waals surface area (Å²) in [4.78, 5) is 13.4. The van der Waals surface area contributed by atoms with E-state index in [-0.39, 0.29) is 17.8 Å². The molecular weight excluding hydrogens is 281 g/mol. The van der Waals surface area contributed by atoms with Crippen LogP contribution >= 0.6 is 0 Å². The Morgan fingerprint density at radius 1 is 1.10 bits per heavy atom. The summed E-state index contributed by atoms with van der Waals surface area (Å²) in [7, 11) is 1.47. The molecule has 0 aromatic heterocycles. The first-order valence-corrected chi connectivity index (χ1v) is 6.13. The van der Waals surface area contributed by atoms with Crippen molar-refractivity contribution in [2.75, 3.05) is 12.8 Å². The van der Waals surface area contributed by atoms with Crippen LogP contribution in [-0.2, 0) is 6.54 Å². The number of nitrogen functional groups attached to an aromatic ring is 1. The third-order valence-electron chi connectivity index (χ3n) is 3.00. The fourth-order valence-electron chi connectivity index (χ4n) is 1.90. The van der Waals surface area contributed by atoms with Gasteiger partial charge in [-0.3, -0.25) is 4.79 Å². The van der Waals surface area contributed by atoms with E-state index >= 15 is 0 Å². The van der Waals surface area contributed by atoms with Crippen LogP contribution in [0.5, 0.6) is 0 Å². The van der Waals surface area contributed by atoms with Gasteiger partial charge >= 0.3 is 0 Å². The molecule has 0 unspecified atom stereocenters. The molecule has 0 aliphatic rings. The van der Waals surface area contributed by atoms with E-state index in [9.17, 15) is 18.0 Å². The van der Waals surface area contributed by atoms with Crippen molar-refractivity contribution in [2.45, 2.75) is 6.54 Å². The van der Waals surface area contributed by atoms with Crippen LogP contribution in [-0.4, -0.2) is 17.9 Å². The lowest BCUT2D eigenvalue weighted by Crippen LogP contribution is -2.27. The Balaban J connectivity index is 2.19. The second-order valence-corrected chi connectivity index (χ2v) is 4.64. The number of hydrogen-bond donors (Lipinski definition) is 1. The van der Waals surface area contributed by atoms with Crippen molar-refractivity contribution < 1.29 is 18.0 Å². The molecule has 3 nitrogen and oxygen atoms in total. The number of halogens is 3. The van der Waals surface area contributed by atoms with Crippen molar-refractivity contribution in [1.29, 1.82) is 0 Å². The van der Waals surface area contributed by atoms with E-state index in [0.29, 0.717) is 5.56 Å². The number of nitrogens with two attached hydrogens (primary N) is 1. The van der Waals surface area contributed by atoms with Gasteiger partial charge in [0.15, 0.2) is 11.6 Å². The molecule has 0 atom stereocenters. The van der Waals surface area contributed by atoms with Gasteiger partial charge in [-0.1, -0.05) is 6.07 Å². The Kier molecular flexibility index (Phi) is 4.16. The summed E-state index contributed by atoms with van der Waals surface area (Å²) in [6.45, 7) is 0.0476. The molecule has 2 aromatic rings. The monoisotopic (exact) mass is 294 g/mol. The summed E-state index contributed by atoms with van der Waals surface area (Å²) >= 11 is 0. The van der Waals surface area contributed by atoms with Crippen LogP contribution in [0.2, 0.25) is 0 Å². The number of nitrogens with zero attached hydrogens (tertiary/aromatic N) is 1. The minimum atomic E-state index is -0.987. The number of rotatable bonds is 3. The van der Waals surface area contributed by atoms with E-state index in [1.54, 1.807) is 0 Å². The van der Waals surface area contributed by atoms with E-state index in [1.165, 1.54) is 24.1 Å². The van der Waals surface area contributed by atoms with Gasteiger partial charge in [0.1, 0.15) is 5.82 Å². The fraction of sp³-hybridized carbons (Fsp3) is 0.133. The standard InChI is InChI=1S/C15H13F3N2O/c1-20(8-9-2-4-12(17)13(18)6-9)15(21)11-7-10(16)3-5-14(11)19/h2-7H,8,19H2,1H3. The van der Waals surface area contributed by atoms with E-state index in [4.69, 9.17) is 5.73 Å². The first-order chi connectivity index (χ1) is 9.88. The number of amides is 1. The van der Waals surface area contributed by atoms with Crippen molar-refractivity contribution in [2.24, 2.45) is 0 Å². The Hall–Kier alpha value is -2.50. The lowest BCUT2D eigenvalue weighted by Gasteiger charge is -2.18. The molecule has 0 aliphatic carbocycles. The molecule has 0 saturated carbocycles. The molecule has 2 N–H and O–H groups in total. The van der Waals surface area contributed by atoms with Gasteiger partial charge in [0.05, 0.1) is 5.56 Å². The van der Waals surface area contributed by atoms with Crippen molar-refractivity contribution in [3.8, 4) is 0 Å². The van der Waals surface area contributed by atoms with Crippen LogP contribution in [0.3, 0.4) is 0 Å². The van der Waals surface area contributed by atoms with Crippen molar-refractivity contribution in [1.82, 2.24) is 4.90 Å². The average Bonchev–Trinajstić information content (AvgIpc) is 2.44. The van der Waals surface area contributed by atoms with Crippen LogP contribution in [0.1, 0.15) is 15.9 Å². The maximum Gasteiger partial charge on any atom is 0.256 e. The first kappa shape index (κ1) is 14.9. The molecule has 0 radical (unpaired) electrons. The van der Waals surface area contributed by atoms with E-state index in [0.717, 1.165) is 24.3 Å². The van der Waals surface area contributed by atoms with Gasteiger partial charge in [-0.25, -0.2) is 13.2 Å². The van der Waals surface area contributed by atoms with Crippen LogP contribution in [0.25, 0.3) is 0 Å². The minimum Gasteiger partial charge on any atom is -0.398 e. The van der Waals surface area contributed by atoms with E-state index < -0.39 is 23.4 Å². The van der Waals surface area contributed by atoms with Crippen molar-refractivity contribution in [3.63, 3.8) is 0 Å². The minimum absolute atomic E-state index is 0.0279. The highest BCUT2D eigenvalue weighted by atomic mass is 19.2. The molecule has 21 heavy (non-hydrogen) atoms. The molecule has 0 fully saturated rings. The third kappa shape index (κ3) is 3.34. The second-order valence-electron chi connectivity index (χ2n) is 4.64. The molecule has 0 aliphatic heterocycles. The van der Waals surface area contributed by atoms with Crippen LogP contribution < -0.4 is 5.73 Å². The normalized spacial score (nSPS) is 10.5. The smallest absolute Gasteiger partial charge is 0.256 e. The average molecular weight is 294 g/mol. The molecule has 0 spiro atoms. The highest BCUT2D eigenvalue weighted by molar-refractivity contribution is 5.98. The van der Waals surface area contributed by atoms with Gasteiger partial charge in [-0.2, -0.15) is 0 Å². The Morgan fingerprint density at radius 3 is 2.48 bits per heavy atom. The van der Waals surface area contributed by atoms with Crippen molar-refractivity contribution >= 4 is 11.6 Å². The van der Waals surface area contributed by atoms with Gasteiger partial charge in [0.25, 0.3) is 5.91 Å². The maximum atomic E-state index is 13.2. The highest BCUT2D eigenvalue weighted by Gasteiger charge is 2.16. The zero-order valence-corrected chi connectivity index (χ0v) is 11.2. The maximum absolute atomic E-state index is 13.2. The fourth-order valence-corrected chi connectivity index (χ4v) is 1.90. The van der Waals surface area contributed by atoms with Gasteiger partial charge < -0.3 is 10.6 Å². The van der Waals surface area contributed by atoms with E-state index in [1.807, 2.05) is 0 Å². The predicted molar refractivity (Wildman–Crippen MR) is 73.0 cm³/mol. The Morgan fingerprint density at radius 2 is 1.81 bits per heavy atom. The Bertz CT molecular complexity index is 689. The molecule has 110 valence electrons. The van der Waals surface area contributed by atoms with Crippen LogP contribution in [0.15, 0.2) is 36.4 Å². The highest BCUT2D eigenvalue weighted by Crippen LogP contribution is 2.17. The van der Waals surface area contributed by atoms with Gasteiger partial charge in [0, 0.05) is 19.3 Å². The quantitative estimate of drug-likeness (QED) is 0.885. The van der Waals surface area contributed by atoms with Crippen LogP contribution in [0, 0.1) is 17.5 Å². The summed E-state index contributed by atoms with van der Waals surface area (Å²) in [5, 5.41) is 0. The lowest BCUT2D eigenvalue weighted by molar-refractivity contribution is 0.0785. The number of carbonyl (C=O) groups excluding carboxylic acids is 1. The topological polar surface area (TPSA) is 46.3 Å². The van der Waals surface area contributed by atoms with Gasteiger partial charge in [-0.05, 0) is 35.9 Å². The molecule has 2 aromatic carbocycles.